The first-order valence-electron chi connectivity index (χ1n) is 7.99. The van der Waals surface area contributed by atoms with E-state index in [1.165, 1.54) is 0 Å². The van der Waals surface area contributed by atoms with Crippen molar-refractivity contribution in [3.05, 3.63) is 34.9 Å². The maximum Gasteiger partial charge on any atom is 0.179 e. The summed E-state index contributed by atoms with van der Waals surface area (Å²) in [7, 11) is 2.18. The van der Waals surface area contributed by atoms with Gasteiger partial charge in [-0.25, -0.2) is 0 Å². The van der Waals surface area contributed by atoms with Gasteiger partial charge in [-0.15, -0.1) is 0 Å². The van der Waals surface area contributed by atoms with Crippen molar-refractivity contribution in [1.82, 2.24) is 9.80 Å². The summed E-state index contributed by atoms with van der Waals surface area (Å²) in [6, 6.07) is 6.68. The molecule has 0 radical (unpaired) electrons. The number of carbonyl (C=O) groups is 1. The highest BCUT2D eigenvalue weighted by atomic mass is 16.1. The fourth-order valence-corrected chi connectivity index (χ4v) is 3.15. The molecule has 1 aromatic carbocycles. The second kappa shape index (κ2) is 6.71. The Morgan fingerprint density at radius 1 is 1.33 bits per heavy atom. The van der Waals surface area contributed by atoms with E-state index in [1.807, 2.05) is 26.0 Å². The van der Waals surface area contributed by atoms with Crippen molar-refractivity contribution in [1.29, 1.82) is 0 Å². The van der Waals surface area contributed by atoms with Crippen LogP contribution in [0.4, 0.5) is 0 Å². The Labute approximate surface area is 128 Å². The van der Waals surface area contributed by atoms with Crippen LogP contribution in [-0.2, 0) is 0 Å². The van der Waals surface area contributed by atoms with E-state index in [0.29, 0.717) is 6.04 Å². The van der Waals surface area contributed by atoms with Crippen LogP contribution < -0.4 is 0 Å². The van der Waals surface area contributed by atoms with Gasteiger partial charge in [0.25, 0.3) is 0 Å². The van der Waals surface area contributed by atoms with E-state index < -0.39 is 0 Å². The number of hydrogen-bond acceptors (Lipinski definition) is 3. The minimum atomic E-state index is -0.0340. The molecule has 0 saturated carbocycles. The Balaban J connectivity index is 2.14. The van der Waals surface area contributed by atoms with E-state index in [-0.39, 0.29) is 11.8 Å². The Morgan fingerprint density at radius 2 is 2.05 bits per heavy atom. The maximum atomic E-state index is 12.8. The first-order chi connectivity index (χ1) is 9.93. The van der Waals surface area contributed by atoms with Crippen LogP contribution in [0.1, 0.15) is 41.8 Å². The zero-order valence-electron chi connectivity index (χ0n) is 14.0. The summed E-state index contributed by atoms with van der Waals surface area (Å²) in [6.45, 7) is 11.4. The van der Waals surface area contributed by atoms with E-state index in [1.54, 1.807) is 0 Å². The quantitative estimate of drug-likeness (QED) is 0.796. The van der Waals surface area contributed by atoms with Gasteiger partial charge in [-0.05, 0) is 45.9 Å². The van der Waals surface area contributed by atoms with Crippen molar-refractivity contribution in [2.45, 2.75) is 46.2 Å². The van der Waals surface area contributed by atoms with E-state index in [2.05, 4.69) is 36.8 Å². The van der Waals surface area contributed by atoms with Gasteiger partial charge in [0.2, 0.25) is 0 Å². The van der Waals surface area contributed by atoms with Crippen molar-refractivity contribution in [3.63, 3.8) is 0 Å². The summed E-state index contributed by atoms with van der Waals surface area (Å²) in [5.41, 5.74) is 3.12. The van der Waals surface area contributed by atoms with Crippen molar-refractivity contribution in [2.75, 3.05) is 26.7 Å². The van der Waals surface area contributed by atoms with E-state index in [9.17, 15) is 4.79 Å². The Bertz CT molecular complexity index is 512. The third-order valence-corrected chi connectivity index (χ3v) is 4.87. The van der Waals surface area contributed by atoms with Gasteiger partial charge in [0, 0.05) is 31.2 Å². The van der Waals surface area contributed by atoms with Gasteiger partial charge in [0.15, 0.2) is 5.78 Å². The zero-order valence-corrected chi connectivity index (χ0v) is 14.0. The third-order valence-electron chi connectivity index (χ3n) is 4.87. The van der Waals surface area contributed by atoms with Gasteiger partial charge >= 0.3 is 0 Å². The predicted octanol–water partition coefficient (Wildman–Crippen LogP) is 2.90. The van der Waals surface area contributed by atoms with Crippen LogP contribution in [-0.4, -0.2) is 54.3 Å². The summed E-state index contributed by atoms with van der Waals surface area (Å²) in [5, 5.41) is 0. The van der Waals surface area contributed by atoms with Crippen LogP contribution in [0.5, 0.6) is 0 Å². The van der Waals surface area contributed by atoms with Gasteiger partial charge in [-0.1, -0.05) is 24.6 Å². The number of carbonyl (C=O) groups excluding carboxylic acids is 1. The molecule has 3 heteroatoms. The standard InChI is InChI=1S/C18H28N2O/c1-6-16-12-20(10-9-19(16)5)15(4)18(21)17-11-13(2)7-8-14(17)3/h7-8,11,15-16H,6,9-10,12H2,1-5H3. The minimum Gasteiger partial charge on any atom is -0.301 e. The molecule has 0 aromatic heterocycles. The lowest BCUT2D eigenvalue weighted by molar-refractivity contribution is 0.0552. The summed E-state index contributed by atoms with van der Waals surface area (Å²) >= 11 is 0. The van der Waals surface area contributed by atoms with Crippen LogP contribution >= 0.6 is 0 Å². The van der Waals surface area contributed by atoms with Crippen LogP contribution in [0.15, 0.2) is 18.2 Å². The highest BCUT2D eigenvalue weighted by molar-refractivity contribution is 6.01. The molecule has 1 saturated heterocycles. The molecule has 21 heavy (non-hydrogen) atoms. The molecule has 0 aliphatic carbocycles. The molecule has 1 aliphatic heterocycles. The molecular formula is C18H28N2O. The summed E-state index contributed by atoms with van der Waals surface area (Å²) < 4.78 is 0. The van der Waals surface area contributed by atoms with Crippen molar-refractivity contribution in [3.8, 4) is 0 Å². The number of nitrogens with zero attached hydrogens (tertiary/aromatic N) is 2. The topological polar surface area (TPSA) is 23.6 Å². The van der Waals surface area contributed by atoms with Crippen LogP contribution in [0.25, 0.3) is 0 Å². The average Bonchev–Trinajstić information content (AvgIpc) is 2.48. The molecule has 0 bridgehead atoms. The molecule has 0 amide bonds. The summed E-state index contributed by atoms with van der Waals surface area (Å²) in [4.78, 5) is 17.6. The zero-order chi connectivity index (χ0) is 15.6. The summed E-state index contributed by atoms with van der Waals surface area (Å²) in [5.74, 6) is 0.260. The molecule has 2 rings (SSSR count). The smallest absolute Gasteiger partial charge is 0.179 e. The number of rotatable bonds is 4. The number of hydrogen-bond donors (Lipinski definition) is 0. The highest BCUT2D eigenvalue weighted by Crippen LogP contribution is 2.19. The Hall–Kier alpha value is -1.19. The van der Waals surface area contributed by atoms with Crippen molar-refractivity contribution in [2.24, 2.45) is 0 Å². The molecule has 1 heterocycles. The van der Waals surface area contributed by atoms with Crippen molar-refractivity contribution < 1.29 is 4.79 Å². The lowest BCUT2D eigenvalue weighted by Crippen LogP contribution is -2.55. The first-order valence-corrected chi connectivity index (χ1v) is 7.99. The predicted molar refractivity (Wildman–Crippen MR) is 88.0 cm³/mol. The maximum absolute atomic E-state index is 12.8. The van der Waals surface area contributed by atoms with E-state index >= 15 is 0 Å². The lowest BCUT2D eigenvalue weighted by atomic mass is 9.96. The van der Waals surface area contributed by atoms with Crippen LogP contribution in [0, 0.1) is 13.8 Å². The summed E-state index contributed by atoms with van der Waals surface area (Å²) in [6.07, 6.45) is 1.14. The first kappa shape index (κ1) is 16.2. The van der Waals surface area contributed by atoms with Crippen LogP contribution in [0.3, 0.4) is 0 Å². The second-order valence-corrected chi connectivity index (χ2v) is 6.40. The van der Waals surface area contributed by atoms with Gasteiger partial charge in [0.1, 0.15) is 0 Å². The number of Topliss-reactive ketones (excluding diaryl/α,β-unsaturated/α-hetero) is 1. The number of piperazine rings is 1. The monoisotopic (exact) mass is 288 g/mol. The molecule has 0 N–H and O–H groups in total. The molecule has 1 aromatic rings. The fourth-order valence-electron chi connectivity index (χ4n) is 3.15. The van der Waals surface area contributed by atoms with Gasteiger partial charge in [-0.3, -0.25) is 9.69 Å². The minimum absolute atomic E-state index is 0.0340. The number of aryl methyl sites for hydroxylation is 2. The van der Waals surface area contributed by atoms with E-state index in [4.69, 9.17) is 0 Å². The number of likely N-dealkylation sites (N-methyl/N-ethyl adjacent to an activating group) is 1. The molecule has 116 valence electrons. The van der Waals surface area contributed by atoms with Crippen molar-refractivity contribution >= 4 is 5.78 Å². The number of benzene rings is 1. The molecule has 1 aliphatic rings. The van der Waals surface area contributed by atoms with Gasteiger partial charge in [0.05, 0.1) is 6.04 Å². The molecule has 1 fully saturated rings. The number of ketones is 1. The third kappa shape index (κ3) is 3.53. The lowest BCUT2D eigenvalue weighted by Gasteiger charge is -2.41. The van der Waals surface area contributed by atoms with Gasteiger partial charge < -0.3 is 4.90 Å². The fraction of sp³-hybridized carbons (Fsp3) is 0.611. The Kier molecular flexibility index (Phi) is 5.17. The van der Waals surface area contributed by atoms with Crippen LogP contribution in [0.2, 0.25) is 0 Å². The second-order valence-electron chi connectivity index (χ2n) is 6.40. The highest BCUT2D eigenvalue weighted by Gasteiger charge is 2.30. The normalized spacial score (nSPS) is 22.2. The SMILES string of the molecule is CCC1CN(C(C)C(=O)c2cc(C)ccc2C)CCN1C. The largest absolute Gasteiger partial charge is 0.301 e. The molecular weight excluding hydrogens is 260 g/mol. The average molecular weight is 288 g/mol. The molecule has 0 spiro atoms. The molecule has 3 nitrogen and oxygen atoms in total. The molecule has 2 unspecified atom stereocenters. The molecule has 2 atom stereocenters. The van der Waals surface area contributed by atoms with Gasteiger partial charge in [-0.2, -0.15) is 0 Å². The van der Waals surface area contributed by atoms with E-state index in [0.717, 1.165) is 42.7 Å². The Morgan fingerprint density at radius 3 is 2.71 bits per heavy atom.